The Hall–Kier alpha value is -0.550. The third-order valence-corrected chi connectivity index (χ3v) is 5.19. The van der Waals surface area contributed by atoms with E-state index in [9.17, 15) is 0 Å². The van der Waals surface area contributed by atoms with Crippen LogP contribution in [0.2, 0.25) is 0 Å². The Balaban J connectivity index is 4.58. The molecule has 148 valence electrons. The SMILES string of the molecule is CC(C)CCCC(CC(C)C)CC(CCN(C)CCC#N)CC(C)C. The van der Waals surface area contributed by atoms with Gasteiger partial charge in [-0.3, -0.25) is 0 Å². The minimum Gasteiger partial charge on any atom is -0.305 e. The highest BCUT2D eigenvalue weighted by Crippen LogP contribution is 2.30. The van der Waals surface area contributed by atoms with Gasteiger partial charge in [0, 0.05) is 13.0 Å². The van der Waals surface area contributed by atoms with Crippen molar-refractivity contribution in [2.24, 2.45) is 29.6 Å². The van der Waals surface area contributed by atoms with Crippen LogP contribution >= 0.6 is 0 Å². The van der Waals surface area contributed by atoms with E-state index in [1.165, 1.54) is 44.9 Å². The molecule has 25 heavy (non-hydrogen) atoms. The maximum Gasteiger partial charge on any atom is 0.0635 e. The van der Waals surface area contributed by atoms with Crippen LogP contribution < -0.4 is 0 Å². The highest BCUT2D eigenvalue weighted by molar-refractivity contribution is 4.74. The minimum atomic E-state index is 0.649. The van der Waals surface area contributed by atoms with Crippen LogP contribution in [0.15, 0.2) is 0 Å². The predicted octanol–water partition coefficient (Wildman–Crippen LogP) is 6.76. The molecule has 0 aliphatic heterocycles. The maximum absolute atomic E-state index is 8.76. The zero-order chi connectivity index (χ0) is 19.2. The van der Waals surface area contributed by atoms with Crippen molar-refractivity contribution in [3.8, 4) is 6.07 Å². The predicted molar refractivity (Wildman–Crippen MR) is 112 cm³/mol. The van der Waals surface area contributed by atoms with Crippen molar-refractivity contribution in [1.29, 1.82) is 5.26 Å². The highest BCUT2D eigenvalue weighted by Gasteiger charge is 2.19. The van der Waals surface area contributed by atoms with E-state index >= 15 is 0 Å². The van der Waals surface area contributed by atoms with E-state index in [1.807, 2.05) is 0 Å². The Morgan fingerprint density at radius 1 is 0.720 bits per heavy atom. The number of hydrogen-bond donors (Lipinski definition) is 0. The molecule has 0 aromatic carbocycles. The summed E-state index contributed by atoms with van der Waals surface area (Å²) in [6.45, 7) is 16.2. The first-order valence-electron chi connectivity index (χ1n) is 10.8. The smallest absolute Gasteiger partial charge is 0.0635 e. The second-order valence-electron chi connectivity index (χ2n) is 9.55. The molecule has 0 aromatic rings. The largest absolute Gasteiger partial charge is 0.305 e. The van der Waals surface area contributed by atoms with Gasteiger partial charge in [0.15, 0.2) is 0 Å². The first-order chi connectivity index (χ1) is 11.7. The molecule has 0 amide bonds. The topological polar surface area (TPSA) is 27.0 Å². The lowest BCUT2D eigenvalue weighted by molar-refractivity contribution is 0.231. The molecule has 2 atom stereocenters. The van der Waals surface area contributed by atoms with E-state index in [4.69, 9.17) is 5.26 Å². The van der Waals surface area contributed by atoms with Crippen molar-refractivity contribution in [3.05, 3.63) is 0 Å². The van der Waals surface area contributed by atoms with Gasteiger partial charge in [-0.05, 0) is 68.9 Å². The zero-order valence-electron chi connectivity index (χ0n) is 18.4. The van der Waals surface area contributed by atoms with Crippen LogP contribution in [0.3, 0.4) is 0 Å². The Labute approximate surface area is 159 Å². The van der Waals surface area contributed by atoms with E-state index in [1.54, 1.807) is 0 Å². The van der Waals surface area contributed by atoms with Gasteiger partial charge in [0.05, 0.1) is 6.07 Å². The lowest BCUT2D eigenvalue weighted by atomic mass is 9.80. The summed E-state index contributed by atoms with van der Waals surface area (Å²) in [5.41, 5.74) is 0. The molecule has 2 heteroatoms. The van der Waals surface area contributed by atoms with Gasteiger partial charge in [0.1, 0.15) is 0 Å². The third kappa shape index (κ3) is 15.4. The normalized spacial score (nSPS) is 14.5. The zero-order valence-corrected chi connectivity index (χ0v) is 18.4. The molecule has 0 heterocycles. The fourth-order valence-electron chi connectivity index (χ4n) is 4.04. The van der Waals surface area contributed by atoms with Gasteiger partial charge in [-0.1, -0.05) is 60.8 Å². The van der Waals surface area contributed by atoms with E-state index in [-0.39, 0.29) is 0 Å². The standard InChI is InChI=1S/C23H46N2/c1-19(2)10-8-11-22(16-20(3)4)18-23(17-21(5)6)12-15-25(7)14-9-13-24/h19-23H,8-12,14-18H2,1-7H3. The van der Waals surface area contributed by atoms with Crippen LogP contribution in [0.4, 0.5) is 0 Å². The molecule has 0 N–H and O–H groups in total. The van der Waals surface area contributed by atoms with E-state index in [0.717, 1.165) is 42.7 Å². The maximum atomic E-state index is 8.76. The van der Waals surface area contributed by atoms with Crippen LogP contribution in [-0.2, 0) is 0 Å². The molecule has 0 aliphatic rings. The Bertz CT molecular complexity index is 340. The molecule has 0 aromatic heterocycles. The molecule has 0 rings (SSSR count). The first kappa shape index (κ1) is 24.5. The summed E-state index contributed by atoms with van der Waals surface area (Å²) in [5.74, 6) is 4.16. The fraction of sp³-hybridized carbons (Fsp3) is 0.957. The van der Waals surface area contributed by atoms with Crippen molar-refractivity contribution < 1.29 is 0 Å². The van der Waals surface area contributed by atoms with Gasteiger partial charge in [-0.15, -0.1) is 0 Å². The van der Waals surface area contributed by atoms with Gasteiger partial charge in [-0.2, -0.15) is 5.26 Å². The molecule has 2 nitrogen and oxygen atoms in total. The van der Waals surface area contributed by atoms with Crippen LogP contribution in [0.25, 0.3) is 0 Å². The van der Waals surface area contributed by atoms with E-state index < -0.39 is 0 Å². The molecular weight excluding hydrogens is 304 g/mol. The average Bonchev–Trinajstić information content (AvgIpc) is 2.48. The number of hydrogen-bond acceptors (Lipinski definition) is 2. The molecule has 0 bridgehead atoms. The van der Waals surface area contributed by atoms with Crippen LogP contribution in [0, 0.1) is 40.9 Å². The van der Waals surface area contributed by atoms with Crippen LogP contribution in [0.5, 0.6) is 0 Å². The van der Waals surface area contributed by atoms with Gasteiger partial charge in [0.25, 0.3) is 0 Å². The Morgan fingerprint density at radius 3 is 1.76 bits per heavy atom. The number of nitriles is 1. The van der Waals surface area contributed by atoms with E-state index in [2.05, 4.69) is 59.6 Å². The summed E-state index contributed by atoms with van der Waals surface area (Å²) >= 11 is 0. The van der Waals surface area contributed by atoms with E-state index in [0.29, 0.717) is 6.42 Å². The molecule has 0 saturated heterocycles. The average molecular weight is 351 g/mol. The molecule has 0 aliphatic carbocycles. The first-order valence-corrected chi connectivity index (χ1v) is 10.8. The van der Waals surface area contributed by atoms with Crippen molar-refractivity contribution in [1.82, 2.24) is 4.90 Å². The van der Waals surface area contributed by atoms with Crippen molar-refractivity contribution in [3.63, 3.8) is 0 Å². The van der Waals surface area contributed by atoms with Crippen LogP contribution in [0.1, 0.15) is 92.9 Å². The molecule has 0 fully saturated rings. The monoisotopic (exact) mass is 350 g/mol. The molecular formula is C23H46N2. The lowest BCUT2D eigenvalue weighted by Crippen LogP contribution is -2.24. The Morgan fingerprint density at radius 2 is 1.28 bits per heavy atom. The number of rotatable bonds is 15. The minimum absolute atomic E-state index is 0.649. The summed E-state index contributed by atoms with van der Waals surface area (Å²) in [4.78, 5) is 2.34. The quantitative estimate of drug-likeness (QED) is 0.326. The second kappa shape index (κ2) is 14.6. The molecule has 0 spiro atoms. The van der Waals surface area contributed by atoms with Crippen LogP contribution in [-0.4, -0.2) is 25.0 Å². The molecule has 0 radical (unpaired) electrons. The number of nitrogens with zero attached hydrogens (tertiary/aromatic N) is 2. The summed E-state index contributed by atoms with van der Waals surface area (Å²) in [7, 11) is 2.16. The van der Waals surface area contributed by atoms with Crippen molar-refractivity contribution in [2.75, 3.05) is 20.1 Å². The second-order valence-corrected chi connectivity index (χ2v) is 9.55. The van der Waals surface area contributed by atoms with Gasteiger partial charge in [-0.25, -0.2) is 0 Å². The highest BCUT2D eigenvalue weighted by atomic mass is 15.1. The molecule has 0 saturated carbocycles. The summed E-state index contributed by atoms with van der Waals surface area (Å²) in [6, 6.07) is 2.26. The third-order valence-electron chi connectivity index (χ3n) is 5.19. The van der Waals surface area contributed by atoms with Crippen molar-refractivity contribution in [2.45, 2.75) is 92.9 Å². The van der Waals surface area contributed by atoms with Gasteiger partial charge >= 0.3 is 0 Å². The van der Waals surface area contributed by atoms with Crippen molar-refractivity contribution >= 4 is 0 Å². The summed E-state index contributed by atoms with van der Waals surface area (Å²) in [5, 5.41) is 8.76. The lowest BCUT2D eigenvalue weighted by Gasteiger charge is -2.28. The fourth-order valence-corrected chi connectivity index (χ4v) is 4.04. The summed E-state index contributed by atoms with van der Waals surface area (Å²) < 4.78 is 0. The summed E-state index contributed by atoms with van der Waals surface area (Å²) in [6.07, 6.45) is 10.3. The van der Waals surface area contributed by atoms with Gasteiger partial charge < -0.3 is 4.90 Å². The Kier molecular flexibility index (Phi) is 14.3. The van der Waals surface area contributed by atoms with Gasteiger partial charge in [0.2, 0.25) is 0 Å². The molecule has 2 unspecified atom stereocenters.